The number of anilines is 1. The fourth-order valence-corrected chi connectivity index (χ4v) is 1.85. The molecule has 0 aromatic heterocycles. The number of hydrogen-bond acceptors (Lipinski definition) is 2. The Balaban J connectivity index is 2.45. The van der Waals surface area contributed by atoms with Gasteiger partial charge in [-0.3, -0.25) is 9.59 Å². The van der Waals surface area contributed by atoms with Gasteiger partial charge in [-0.25, -0.2) is 8.78 Å². The molecule has 1 aromatic rings. The van der Waals surface area contributed by atoms with E-state index in [0.717, 1.165) is 11.0 Å². The van der Waals surface area contributed by atoms with E-state index in [-0.39, 0.29) is 23.1 Å². The number of carbonyl (C=O) groups excluding carboxylic acids is 2. The van der Waals surface area contributed by atoms with E-state index in [1.165, 1.54) is 0 Å². The molecule has 3 nitrogen and oxygen atoms in total. The van der Waals surface area contributed by atoms with E-state index in [0.29, 0.717) is 6.07 Å². The molecule has 0 radical (unpaired) electrons. The Morgan fingerprint density at radius 3 is 2.44 bits per heavy atom. The van der Waals surface area contributed by atoms with Crippen LogP contribution in [0, 0.1) is 11.6 Å². The predicted molar refractivity (Wildman–Crippen MR) is 56.0 cm³/mol. The van der Waals surface area contributed by atoms with Gasteiger partial charge in [0.25, 0.3) is 5.91 Å². The maximum Gasteiger partial charge on any atom is 0.294 e. The lowest BCUT2D eigenvalue weighted by Gasteiger charge is -2.15. The zero-order valence-electron chi connectivity index (χ0n) is 7.97. The van der Waals surface area contributed by atoms with Crippen molar-refractivity contribution in [3.8, 4) is 0 Å². The molecule has 1 aromatic carbocycles. The molecule has 1 aliphatic rings. The van der Waals surface area contributed by atoms with Gasteiger partial charge in [-0.1, -0.05) is 0 Å². The summed E-state index contributed by atoms with van der Waals surface area (Å²) in [6.45, 7) is 0.132. The van der Waals surface area contributed by atoms with Gasteiger partial charge >= 0.3 is 0 Å². The number of rotatable bonds is 1. The van der Waals surface area contributed by atoms with Crippen LogP contribution in [0.5, 0.6) is 0 Å². The van der Waals surface area contributed by atoms with Crippen molar-refractivity contribution >= 4 is 33.3 Å². The van der Waals surface area contributed by atoms with E-state index in [9.17, 15) is 18.4 Å². The first-order chi connectivity index (χ1) is 7.50. The molecule has 0 unspecified atom stereocenters. The minimum absolute atomic E-state index is 0.0519. The molecule has 1 heterocycles. The normalized spacial score (nSPS) is 16.1. The molecule has 1 fully saturated rings. The Labute approximate surface area is 98.2 Å². The summed E-state index contributed by atoms with van der Waals surface area (Å²) in [4.78, 5) is 23.4. The Hall–Kier alpha value is -1.30. The minimum atomic E-state index is -0.858. The summed E-state index contributed by atoms with van der Waals surface area (Å²) >= 11 is 2.90. The summed E-state index contributed by atoms with van der Waals surface area (Å²) in [6.07, 6.45) is 0.0628. The molecular formula is C10H6BrF2NO2. The van der Waals surface area contributed by atoms with Crippen LogP contribution in [-0.4, -0.2) is 18.2 Å². The Kier molecular flexibility index (Phi) is 2.75. The number of benzene rings is 1. The van der Waals surface area contributed by atoms with Crippen molar-refractivity contribution in [2.75, 3.05) is 11.4 Å². The summed E-state index contributed by atoms with van der Waals surface area (Å²) < 4.78 is 26.4. The summed E-state index contributed by atoms with van der Waals surface area (Å²) in [7, 11) is 0. The number of carbonyl (C=O) groups is 2. The highest BCUT2D eigenvalue weighted by atomic mass is 79.9. The van der Waals surface area contributed by atoms with E-state index in [1.807, 2.05) is 0 Å². The third-order valence-corrected chi connectivity index (χ3v) is 2.93. The van der Waals surface area contributed by atoms with Gasteiger partial charge in [-0.15, -0.1) is 0 Å². The van der Waals surface area contributed by atoms with Crippen molar-refractivity contribution in [2.24, 2.45) is 0 Å². The van der Waals surface area contributed by atoms with Gasteiger partial charge < -0.3 is 4.90 Å². The number of halogens is 3. The smallest absolute Gasteiger partial charge is 0.294 e. The summed E-state index contributed by atoms with van der Waals surface area (Å²) in [5, 5.41) is 0. The number of Topliss-reactive ketones (excluding diaryl/α,β-unsaturated/α-hetero) is 1. The van der Waals surface area contributed by atoms with Crippen molar-refractivity contribution in [3.05, 3.63) is 28.2 Å². The van der Waals surface area contributed by atoms with Crippen LogP contribution in [-0.2, 0) is 9.59 Å². The van der Waals surface area contributed by atoms with Crippen molar-refractivity contribution in [2.45, 2.75) is 6.42 Å². The first-order valence-electron chi connectivity index (χ1n) is 4.50. The molecule has 1 saturated heterocycles. The minimum Gasteiger partial charge on any atom is -0.302 e. The topological polar surface area (TPSA) is 37.4 Å². The largest absolute Gasteiger partial charge is 0.302 e. The van der Waals surface area contributed by atoms with E-state index in [1.54, 1.807) is 0 Å². The maximum atomic E-state index is 13.4. The molecule has 0 spiro atoms. The number of nitrogens with zero attached hydrogens (tertiary/aromatic N) is 1. The van der Waals surface area contributed by atoms with Crippen LogP contribution in [0.25, 0.3) is 0 Å². The zero-order chi connectivity index (χ0) is 11.9. The van der Waals surface area contributed by atoms with Gasteiger partial charge in [0.15, 0.2) is 0 Å². The average Bonchev–Trinajstić information content (AvgIpc) is 2.54. The van der Waals surface area contributed by atoms with Crippen LogP contribution in [0.3, 0.4) is 0 Å². The fraction of sp³-hybridized carbons (Fsp3) is 0.200. The lowest BCUT2D eigenvalue weighted by Crippen LogP contribution is -2.27. The average molecular weight is 290 g/mol. The SMILES string of the molecule is O=C1CCN(c2cc(Br)c(F)cc2F)C1=O. The first kappa shape index (κ1) is 11.2. The van der Waals surface area contributed by atoms with Gasteiger partial charge in [0.05, 0.1) is 10.2 Å². The first-order valence-corrected chi connectivity index (χ1v) is 5.29. The highest BCUT2D eigenvalue weighted by Crippen LogP contribution is 2.28. The molecule has 16 heavy (non-hydrogen) atoms. The predicted octanol–water partition coefficient (Wildman–Crippen LogP) is 2.03. The molecule has 0 atom stereocenters. The van der Waals surface area contributed by atoms with Gasteiger partial charge in [-0.2, -0.15) is 0 Å². The van der Waals surface area contributed by atoms with Gasteiger partial charge in [0, 0.05) is 19.0 Å². The molecule has 0 saturated carbocycles. The van der Waals surface area contributed by atoms with Crippen molar-refractivity contribution in [1.29, 1.82) is 0 Å². The highest BCUT2D eigenvalue weighted by Gasteiger charge is 2.32. The maximum absolute atomic E-state index is 13.4. The second kappa shape index (κ2) is 3.93. The van der Waals surface area contributed by atoms with Crippen LogP contribution in [0.1, 0.15) is 6.42 Å². The van der Waals surface area contributed by atoms with Crippen LogP contribution >= 0.6 is 15.9 Å². The number of hydrogen-bond donors (Lipinski definition) is 0. The molecule has 1 aliphatic heterocycles. The molecule has 0 bridgehead atoms. The third-order valence-electron chi connectivity index (χ3n) is 2.33. The van der Waals surface area contributed by atoms with Crippen LogP contribution in [0.4, 0.5) is 14.5 Å². The molecular weight excluding hydrogens is 284 g/mol. The van der Waals surface area contributed by atoms with Crippen LogP contribution in [0.15, 0.2) is 16.6 Å². The van der Waals surface area contributed by atoms with E-state index >= 15 is 0 Å². The Bertz CT molecular complexity index is 490. The van der Waals surface area contributed by atoms with Crippen molar-refractivity contribution < 1.29 is 18.4 Å². The summed E-state index contributed by atoms with van der Waals surface area (Å²) in [6, 6.07) is 1.83. The van der Waals surface area contributed by atoms with E-state index in [2.05, 4.69) is 15.9 Å². The summed E-state index contributed by atoms with van der Waals surface area (Å²) in [5.74, 6) is -2.92. The summed E-state index contributed by atoms with van der Waals surface area (Å²) in [5.41, 5.74) is -0.0795. The molecule has 2 rings (SSSR count). The van der Waals surface area contributed by atoms with Crippen molar-refractivity contribution in [3.63, 3.8) is 0 Å². The Morgan fingerprint density at radius 1 is 1.19 bits per heavy atom. The van der Waals surface area contributed by atoms with E-state index < -0.39 is 23.3 Å². The lowest BCUT2D eigenvalue weighted by atomic mass is 10.2. The number of amides is 1. The Morgan fingerprint density at radius 2 is 1.88 bits per heavy atom. The highest BCUT2D eigenvalue weighted by molar-refractivity contribution is 9.10. The van der Waals surface area contributed by atoms with Crippen molar-refractivity contribution in [1.82, 2.24) is 0 Å². The second-order valence-corrected chi connectivity index (χ2v) is 4.20. The van der Waals surface area contributed by atoms with Crippen LogP contribution < -0.4 is 4.90 Å². The van der Waals surface area contributed by atoms with Gasteiger partial charge in [-0.05, 0) is 22.0 Å². The monoisotopic (exact) mass is 289 g/mol. The van der Waals surface area contributed by atoms with Gasteiger partial charge in [0.2, 0.25) is 5.78 Å². The molecule has 1 amide bonds. The second-order valence-electron chi connectivity index (χ2n) is 3.35. The molecule has 0 N–H and O–H groups in total. The fourth-order valence-electron chi connectivity index (χ4n) is 1.52. The van der Waals surface area contributed by atoms with Gasteiger partial charge in [0.1, 0.15) is 11.6 Å². The van der Waals surface area contributed by atoms with E-state index in [4.69, 9.17) is 0 Å². The van der Waals surface area contributed by atoms with Crippen LogP contribution in [0.2, 0.25) is 0 Å². The standard InChI is InChI=1S/C10H6BrF2NO2/c11-5-3-8(7(13)4-6(5)12)14-2-1-9(15)10(14)16/h3-4H,1-2H2. The zero-order valence-corrected chi connectivity index (χ0v) is 9.55. The molecule has 6 heteroatoms. The third kappa shape index (κ3) is 1.73. The quantitative estimate of drug-likeness (QED) is 0.586. The number of ketones is 1. The molecule has 0 aliphatic carbocycles. The lowest BCUT2D eigenvalue weighted by molar-refractivity contribution is -0.133. The molecule has 84 valence electrons.